The van der Waals surface area contributed by atoms with E-state index < -0.39 is 17.7 Å². The van der Waals surface area contributed by atoms with Gasteiger partial charge in [0.05, 0.1) is 5.52 Å². The Kier molecular flexibility index (Phi) is 6.58. The Balaban J connectivity index is 1.62. The molecule has 0 aliphatic carbocycles. The summed E-state index contributed by atoms with van der Waals surface area (Å²) in [4.78, 5) is 38.4. The topological polar surface area (TPSA) is 92.2 Å². The fraction of sp³-hybridized carbons (Fsp3) is 0.0800. The molecule has 3 N–H and O–H groups in total. The Morgan fingerprint density at radius 1 is 0.735 bits per heavy atom. The molecule has 9 heteroatoms. The van der Waals surface area contributed by atoms with Crippen molar-refractivity contribution >= 4 is 63.2 Å². The van der Waals surface area contributed by atoms with E-state index in [-0.39, 0.29) is 5.69 Å². The summed E-state index contributed by atoms with van der Waals surface area (Å²) in [6.45, 7) is 3.86. The van der Waals surface area contributed by atoms with E-state index in [1.807, 2.05) is 19.9 Å². The number of nitrogens with one attached hydrogen (secondary N) is 3. The van der Waals surface area contributed by atoms with Crippen LogP contribution in [0.15, 0.2) is 66.7 Å². The molecular formula is C25H20Cl2N4O3. The van der Waals surface area contributed by atoms with Crippen LogP contribution in [0.5, 0.6) is 0 Å². The number of rotatable bonds is 4. The number of benzene rings is 3. The van der Waals surface area contributed by atoms with Crippen molar-refractivity contribution in [2.75, 3.05) is 16.1 Å². The van der Waals surface area contributed by atoms with Crippen molar-refractivity contribution in [1.82, 2.24) is 4.68 Å². The molecule has 3 aromatic carbocycles. The summed E-state index contributed by atoms with van der Waals surface area (Å²) in [6.07, 6.45) is 0. The minimum absolute atomic E-state index is 0.101. The van der Waals surface area contributed by atoms with Crippen molar-refractivity contribution in [1.29, 1.82) is 0 Å². The third-order valence-electron chi connectivity index (χ3n) is 5.26. The Bertz CT molecular complexity index is 1450. The molecular weight excluding hydrogens is 475 g/mol. The van der Waals surface area contributed by atoms with E-state index in [4.69, 9.17) is 23.2 Å². The van der Waals surface area contributed by atoms with E-state index in [1.165, 1.54) is 4.68 Å². The van der Waals surface area contributed by atoms with Gasteiger partial charge in [0.1, 0.15) is 5.69 Å². The van der Waals surface area contributed by atoms with Crippen LogP contribution < -0.4 is 16.1 Å². The van der Waals surface area contributed by atoms with E-state index in [9.17, 15) is 14.4 Å². The highest BCUT2D eigenvalue weighted by Gasteiger charge is 2.21. The van der Waals surface area contributed by atoms with Crippen molar-refractivity contribution in [2.45, 2.75) is 13.8 Å². The number of amides is 3. The molecule has 34 heavy (non-hydrogen) atoms. The molecule has 1 aromatic heterocycles. The summed E-state index contributed by atoms with van der Waals surface area (Å²) < 4.78 is 1.26. The lowest BCUT2D eigenvalue weighted by Crippen LogP contribution is -2.36. The van der Waals surface area contributed by atoms with Gasteiger partial charge in [0.15, 0.2) is 0 Å². The number of hydrogen-bond acceptors (Lipinski definition) is 3. The molecule has 0 saturated heterocycles. The van der Waals surface area contributed by atoms with Crippen LogP contribution in [-0.4, -0.2) is 22.4 Å². The number of carbonyl (C=O) groups is 3. The molecule has 0 radical (unpaired) electrons. The second-order valence-corrected chi connectivity index (χ2v) is 8.60. The zero-order valence-corrected chi connectivity index (χ0v) is 19.8. The predicted octanol–water partition coefficient (Wildman–Crippen LogP) is 5.53. The van der Waals surface area contributed by atoms with Crippen LogP contribution >= 0.6 is 23.2 Å². The second-order valence-electron chi connectivity index (χ2n) is 7.73. The number of carbonyl (C=O) groups excluding carboxylic acids is 3. The second kappa shape index (κ2) is 9.59. The Hall–Kier alpha value is -3.81. The average molecular weight is 495 g/mol. The van der Waals surface area contributed by atoms with Gasteiger partial charge in [-0.05, 0) is 79.6 Å². The molecule has 0 unspecified atom stereocenters. The van der Waals surface area contributed by atoms with Crippen molar-refractivity contribution in [2.24, 2.45) is 0 Å². The van der Waals surface area contributed by atoms with E-state index >= 15 is 0 Å². The summed E-state index contributed by atoms with van der Waals surface area (Å²) in [6, 6.07) is 18.5. The van der Waals surface area contributed by atoms with E-state index in [2.05, 4.69) is 16.1 Å². The highest BCUT2D eigenvalue weighted by atomic mass is 35.5. The van der Waals surface area contributed by atoms with Gasteiger partial charge in [0.2, 0.25) is 0 Å². The maximum atomic E-state index is 13.1. The molecule has 7 nitrogen and oxygen atoms in total. The minimum atomic E-state index is -0.942. The zero-order chi connectivity index (χ0) is 24.4. The smallest absolute Gasteiger partial charge is 0.321 e. The number of aromatic nitrogens is 1. The fourth-order valence-corrected chi connectivity index (χ4v) is 3.77. The minimum Gasteiger partial charge on any atom is -0.321 e. The lowest BCUT2D eigenvalue weighted by Gasteiger charge is -2.13. The third-order valence-corrected chi connectivity index (χ3v) is 5.73. The van der Waals surface area contributed by atoms with Crippen LogP contribution in [0.1, 0.15) is 21.6 Å². The largest absolute Gasteiger partial charge is 0.328 e. The molecule has 4 rings (SSSR count). The highest BCUT2D eigenvalue weighted by Crippen LogP contribution is 2.24. The first-order valence-electron chi connectivity index (χ1n) is 10.3. The van der Waals surface area contributed by atoms with Crippen molar-refractivity contribution < 1.29 is 14.4 Å². The standard InChI is InChI=1S/C25H20Cl2N4O3/c1-14-6-8-20(10-15(14)2)29-24(33)25(34)30-31-21-9-7-18(27)11-16(21)12-22(31)23(32)28-19-5-3-4-17(26)13-19/h3-13H,1-2H3,(H,28,32)(H,29,33)(H,30,34). The Morgan fingerprint density at radius 2 is 1.47 bits per heavy atom. The van der Waals surface area contributed by atoms with Crippen molar-refractivity contribution in [3.05, 3.63) is 93.6 Å². The summed E-state index contributed by atoms with van der Waals surface area (Å²) in [7, 11) is 0. The summed E-state index contributed by atoms with van der Waals surface area (Å²) >= 11 is 12.1. The summed E-state index contributed by atoms with van der Waals surface area (Å²) in [5.41, 5.74) is 6.12. The number of fused-ring (bicyclic) bond motifs is 1. The zero-order valence-electron chi connectivity index (χ0n) is 18.3. The first kappa shape index (κ1) is 23.4. The lowest BCUT2D eigenvalue weighted by molar-refractivity contribution is -0.133. The maximum Gasteiger partial charge on any atom is 0.328 e. The summed E-state index contributed by atoms with van der Waals surface area (Å²) in [5.74, 6) is -2.33. The van der Waals surface area contributed by atoms with Crippen LogP contribution in [0.2, 0.25) is 10.0 Å². The van der Waals surface area contributed by atoms with E-state index in [0.29, 0.717) is 32.3 Å². The normalized spacial score (nSPS) is 10.7. The quantitative estimate of drug-likeness (QED) is 0.326. The molecule has 172 valence electrons. The molecule has 0 saturated carbocycles. The molecule has 0 fully saturated rings. The van der Waals surface area contributed by atoms with Gasteiger partial charge >= 0.3 is 11.8 Å². The van der Waals surface area contributed by atoms with Gasteiger partial charge in [0.25, 0.3) is 5.91 Å². The van der Waals surface area contributed by atoms with Gasteiger partial charge in [-0.15, -0.1) is 0 Å². The Morgan fingerprint density at radius 3 is 2.21 bits per heavy atom. The number of hydrogen-bond donors (Lipinski definition) is 3. The van der Waals surface area contributed by atoms with Gasteiger partial charge < -0.3 is 10.6 Å². The number of halogens is 2. The first-order chi connectivity index (χ1) is 16.2. The molecule has 0 aliphatic heterocycles. The van der Waals surface area contributed by atoms with Crippen LogP contribution in [-0.2, 0) is 9.59 Å². The molecule has 0 aliphatic rings. The van der Waals surface area contributed by atoms with Gasteiger partial charge in [-0.1, -0.05) is 35.3 Å². The predicted molar refractivity (Wildman–Crippen MR) is 135 cm³/mol. The molecule has 4 aromatic rings. The van der Waals surface area contributed by atoms with Crippen LogP contribution in [0.3, 0.4) is 0 Å². The van der Waals surface area contributed by atoms with Crippen molar-refractivity contribution in [3.8, 4) is 0 Å². The molecule has 0 bridgehead atoms. The molecule has 0 atom stereocenters. The van der Waals surface area contributed by atoms with Crippen LogP contribution in [0.25, 0.3) is 10.9 Å². The monoisotopic (exact) mass is 494 g/mol. The van der Waals surface area contributed by atoms with Crippen LogP contribution in [0, 0.1) is 13.8 Å². The van der Waals surface area contributed by atoms with Gasteiger partial charge in [-0.25, -0.2) is 4.68 Å². The molecule has 1 heterocycles. The van der Waals surface area contributed by atoms with Gasteiger partial charge in [-0.3, -0.25) is 19.8 Å². The highest BCUT2D eigenvalue weighted by molar-refractivity contribution is 6.42. The number of nitrogens with zero attached hydrogens (tertiary/aromatic N) is 1. The van der Waals surface area contributed by atoms with Gasteiger partial charge in [-0.2, -0.15) is 0 Å². The molecule has 0 spiro atoms. The fourth-order valence-electron chi connectivity index (χ4n) is 3.39. The SMILES string of the molecule is Cc1ccc(NC(=O)C(=O)Nn2c(C(=O)Nc3cccc(Cl)c3)cc3cc(Cl)ccc32)cc1C. The Labute approximate surface area is 205 Å². The average Bonchev–Trinajstić information content (AvgIpc) is 3.13. The van der Waals surface area contributed by atoms with E-state index in [1.54, 1.807) is 60.7 Å². The molecule has 3 amide bonds. The first-order valence-corrected chi connectivity index (χ1v) is 11.0. The lowest BCUT2D eigenvalue weighted by atomic mass is 10.1. The third kappa shape index (κ3) is 5.06. The summed E-state index contributed by atoms with van der Waals surface area (Å²) in [5, 5.41) is 6.85. The van der Waals surface area contributed by atoms with Crippen LogP contribution in [0.4, 0.5) is 11.4 Å². The van der Waals surface area contributed by atoms with Crippen molar-refractivity contribution in [3.63, 3.8) is 0 Å². The van der Waals surface area contributed by atoms with Gasteiger partial charge in [0, 0.05) is 26.8 Å². The van der Waals surface area contributed by atoms with E-state index in [0.717, 1.165) is 11.1 Å². The number of aryl methyl sites for hydroxylation is 2. The number of anilines is 2. The maximum absolute atomic E-state index is 13.1.